The molecule has 2 aromatic carbocycles. The molecule has 2 heterocycles. The minimum atomic E-state index is -0.524. The summed E-state index contributed by atoms with van der Waals surface area (Å²) >= 11 is 1.24. The Bertz CT molecular complexity index is 1260. The van der Waals surface area contributed by atoms with E-state index >= 15 is 0 Å². The van der Waals surface area contributed by atoms with Gasteiger partial charge in [0.15, 0.2) is 0 Å². The summed E-state index contributed by atoms with van der Waals surface area (Å²) < 4.78 is 10.7. The highest BCUT2D eigenvalue weighted by molar-refractivity contribution is 7.15. The van der Waals surface area contributed by atoms with Crippen LogP contribution in [0.25, 0.3) is 11.1 Å². The highest BCUT2D eigenvalue weighted by atomic mass is 32.1. The summed E-state index contributed by atoms with van der Waals surface area (Å²) in [6.07, 6.45) is 0.370. The Labute approximate surface area is 212 Å². The number of imide groups is 1. The molecule has 36 heavy (non-hydrogen) atoms. The molecule has 0 bridgehead atoms. The largest absolute Gasteiger partial charge is 0.494 e. The number of carbonyl (C=O) groups is 4. The lowest BCUT2D eigenvalue weighted by Gasteiger charge is -2.13. The number of hydrogen-bond acceptors (Lipinski definition) is 7. The normalized spacial score (nSPS) is 12.4. The zero-order chi connectivity index (χ0) is 25.7. The predicted molar refractivity (Wildman–Crippen MR) is 137 cm³/mol. The van der Waals surface area contributed by atoms with E-state index in [-0.39, 0.29) is 37.3 Å². The minimum Gasteiger partial charge on any atom is -0.494 e. The van der Waals surface area contributed by atoms with Gasteiger partial charge in [-0.2, -0.15) is 0 Å². The van der Waals surface area contributed by atoms with Gasteiger partial charge in [0.1, 0.15) is 16.3 Å². The highest BCUT2D eigenvalue weighted by Crippen LogP contribution is 2.37. The van der Waals surface area contributed by atoms with Crippen molar-refractivity contribution in [1.29, 1.82) is 0 Å². The maximum absolute atomic E-state index is 12.8. The number of fused-ring (bicyclic) bond motifs is 1. The molecule has 4 rings (SSSR count). The zero-order valence-electron chi connectivity index (χ0n) is 20.0. The fourth-order valence-electron chi connectivity index (χ4n) is 3.99. The average molecular weight is 507 g/mol. The van der Waals surface area contributed by atoms with Crippen LogP contribution in [0.15, 0.2) is 53.9 Å². The second-order valence-electron chi connectivity index (χ2n) is 7.99. The zero-order valence-corrected chi connectivity index (χ0v) is 20.9. The van der Waals surface area contributed by atoms with E-state index in [0.717, 1.165) is 16.2 Å². The molecule has 0 fully saturated rings. The molecule has 186 valence electrons. The van der Waals surface area contributed by atoms with Gasteiger partial charge in [-0.1, -0.05) is 24.3 Å². The van der Waals surface area contributed by atoms with Crippen molar-refractivity contribution in [2.45, 2.75) is 26.7 Å². The number of ether oxygens (including phenoxy) is 2. The van der Waals surface area contributed by atoms with Gasteiger partial charge < -0.3 is 14.8 Å². The lowest BCUT2D eigenvalue weighted by Crippen LogP contribution is -2.31. The fourth-order valence-corrected chi connectivity index (χ4v) is 4.97. The number of thiophene rings is 1. The Morgan fingerprint density at radius 2 is 1.58 bits per heavy atom. The number of nitrogens with zero attached hydrogens (tertiary/aromatic N) is 1. The first-order valence-electron chi connectivity index (χ1n) is 11.7. The van der Waals surface area contributed by atoms with Gasteiger partial charge in [-0.25, -0.2) is 4.79 Å². The van der Waals surface area contributed by atoms with Crippen LogP contribution in [0.3, 0.4) is 0 Å². The van der Waals surface area contributed by atoms with Gasteiger partial charge in [0.05, 0.1) is 24.3 Å². The second-order valence-corrected chi connectivity index (χ2v) is 8.87. The molecule has 0 unspecified atom stereocenters. The number of rotatable bonds is 10. The monoisotopic (exact) mass is 506 g/mol. The summed E-state index contributed by atoms with van der Waals surface area (Å²) in [4.78, 5) is 51.6. The van der Waals surface area contributed by atoms with Gasteiger partial charge in [-0.15, -0.1) is 11.3 Å². The Kier molecular flexibility index (Phi) is 7.80. The average Bonchev–Trinajstić information content (AvgIpc) is 3.39. The summed E-state index contributed by atoms with van der Waals surface area (Å²) in [5.41, 5.74) is 2.50. The first kappa shape index (κ1) is 25.1. The number of anilines is 1. The standard InChI is InChI=1S/C27H26N2O6S/c1-3-34-18-13-11-17(12-14-18)21-16-36-24(23(21)27(33)35-4-2)28-22(30)10-7-15-29-25(31)19-8-5-6-9-20(19)26(29)32/h5-6,8-9,11-14,16H,3-4,7,10,15H2,1-2H3,(H,28,30). The van der Waals surface area contributed by atoms with Crippen molar-refractivity contribution in [2.24, 2.45) is 0 Å². The summed E-state index contributed by atoms with van der Waals surface area (Å²) in [5, 5.41) is 5.00. The summed E-state index contributed by atoms with van der Waals surface area (Å²) in [7, 11) is 0. The first-order chi connectivity index (χ1) is 17.4. The van der Waals surface area contributed by atoms with Crippen LogP contribution in [-0.2, 0) is 9.53 Å². The molecule has 0 aliphatic carbocycles. The SMILES string of the molecule is CCOC(=O)c1c(-c2ccc(OCC)cc2)csc1NC(=O)CCCN1C(=O)c2ccccc2C1=O. The van der Waals surface area contributed by atoms with Gasteiger partial charge in [0.2, 0.25) is 5.91 Å². The molecule has 0 atom stereocenters. The molecule has 0 radical (unpaired) electrons. The molecule has 8 nitrogen and oxygen atoms in total. The van der Waals surface area contributed by atoms with Gasteiger partial charge in [-0.3, -0.25) is 19.3 Å². The van der Waals surface area contributed by atoms with Crippen molar-refractivity contribution in [3.8, 4) is 16.9 Å². The first-order valence-corrected chi connectivity index (χ1v) is 12.6. The van der Waals surface area contributed by atoms with E-state index < -0.39 is 5.97 Å². The number of esters is 1. The smallest absolute Gasteiger partial charge is 0.341 e. The predicted octanol–water partition coefficient (Wildman–Crippen LogP) is 5.01. The van der Waals surface area contributed by atoms with Crippen LogP contribution in [0.5, 0.6) is 5.75 Å². The third-order valence-electron chi connectivity index (χ3n) is 5.66. The van der Waals surface area contributed by atoms with Crippen LogP contribution in [-0.4, -0.2) is 48.3 Å². The molecule has 0 saturated carbocycles. The lowest BCUT2D eigenvalue weighted by molar-refractivity contribution is -0.116. The molecule has 1 N–H and O–H groups in total. The topological polar surface area (TPSA) is 102 Å². The molecule has 1 aliphatic rings. The maximum Gasteiger partial charge on any atom is 0.341 e. The van der Waals surface area contributed by atoms with Crippen LogP contribution in [0, 0.1) is 0 Å². The summed E-state index contributed by atoms with van der Waals surface area (Å²) in [6.45, 7) is 4.51. The molecular weight excluding hydrogens is 480 g/mol. The number of amides is 3. The number of carbonyl (C=O) groups excluding carboxylic acids is 4. The molecule has 3 amide bonds. The van der Waals surface area contributed by atoms with Crippen molar-refractivity contribution in [3.05, 3.63) is 70.6 Å². The van der Waals surface area contributed by atoms with Crippen molar-refractivity contribution in [1.82, 2.24) is 4.90 Å². The molecule has 3 aromatic rings. The molecule has 9 heteroatoms. The highest BCUT2D eigenvalue weighted by Gasteiger charge is 2.34. The summed E-state index contributed by atoms with van der Waals surface area (Å²) in [5.74, 6) is -0.820. The quantitative estimate of drug-likeness (QED) is 0.307. The Balaban J connectivity index is 1.43. The lowest BCUT2D eigenvalue weighted by atomic mass is 10.0. The van der Waals surface area contributed by atoms with Crippen LogP contribution in [0.1, 0.15) is 57.8 Å². The van der Waals surface area contributed by atoms with Crippen LogP contribution in [0.2, 0.25) is 0 Å². The molecule has 0 saturated heterocycles. The van der Waals surface area contributed by atoms with Gasteiger partial charge in [0.25, 0.3) is 11.8 Å². The van der Waals surface area contributed by atoms with Crippen molar-refractivity contribution in [3.63, 3.8) is 0 Å². The minimum absolute atomic E-state index is 0.0754. The molecule has 1 aliphatic heterocycles. The Hall–Kier alpha value is -3.98. The summed E-state index contributed by atoms with van der Waals surface area (Å²) in [6, 6.07) is 14.0. The van der Waals surface area contributed by atoms with Gasteiger partial charge >= 0.3 is 5.97 Å². The Morgan fingerprint density at radius 1 is 0.917 bits per heavy atom. The van der Waals surface area contributed by atoms with E-state index in [4.69, 9.17) is 9.47 Å². The maximum atomic E-state index is 12.8. The molecular formula is C27H26N2O6S. The van der Waals surface area contributed by atoms with Crippen LogP contribution >= 0.6 is 11.3 Å². The number of benzene rings is 2. The van der Waals surface area contributed by atoms with E-state index in [9.17, 15) is 19.2 Å². The van der Waals surface area contributed by atoms with Crippen LogP contribution < -0.4 is 10.1 Å². The van der Waals surface area contributed by atoms with E-state index in [0.29, 0.717) is 40.3 Å². The number of hydrogen-bond donors (Lipinski definition) is 1. The van der Waals surface area contributed by atoms with Crippen molar-refractivity contribution >= 4 is 40.0 Å². The van der Waals surface area contributed by atoms with E-state index in [2.05, 4.69) is 5.32 Å². The third-order valence-corrected chi connectivity index (χ3v) is 6.56. The van der Waals surface area contributed by atoms with E-state index in [1.165, 1.54) is 11.3 Å². The third kappa shape index (κ3) is 5.16. The van der Waals surface area contributed by atoms with Crippen molar-refractivity contribution < 1.29 is 28.7 Å². The van der Waals surface area contributed by atoms with E-state index in [1.807, 2.05) is 31.2 Å². The Morgan fingerprint density at radius 3 is 2.19 bits per heavy atom. The number of nitrogens with one attached hydrogen (secondary N) is 1. The molecule has 0 spiro atoms. The van der Waals surface area contributed by atoms with Crippen LogP contribution in [0.4, 0.5) is 5.00 Å². The molecule has 1 aromatic heterocycles. The van der Waals surface area contributed by atoms with Gasteiger partial charge in [-0.05, 0) is 50.1 Å². The van der Waals surface area contributed by atoms with Crippen molar-refractivity contribution in [2.75, 3.05) is 25.1 Å². The fraction of sp³-hybridized carbons (Fsp3) is 0.259. The van der Waals surface area contributed by atoms with Gasteiger partial charge in [0, 0.05) is 23.9 Å². The van der Waals surface area contributed by atoms with E-state index in [1.54, 1.807) is 36.6 Å². The second kappa shape index (κ2) is 11.2.